The average molecular weight is 300 g/mol. The summed E-state index contributed by atoms with van der Waals surface area (Å²) in [6.07, 6.45) is 1.12. The molecule has 0 radical (unpaired) electrons. The number of nitrogens with one attached hydrogen (secondary N) is 1. The Balaban J connectivity index is 0.00000324. The summed E-state index contributed by atoms with van der Waals surface area (Å²) in [5.41, 5.74) is 0.738. The highest BCUT2D eigenvalue weighted by molar-refractivity contribution is 7.90. The number of aliphatic carboxylic acids is 1. The van der Waals surface area contributed by atoms with Gasteiger partial charge in [-0.2, -0.15) is 0 Å². The van der Waals surface area contributed by atoms with Crippen molar-refractivity contribution in [2.75, 3.05) is 12.9 Å². The Bertz CT molecular complexity index is 514. The first kappa shape index (κ1) is 18.3. The lowest BCUT2D eigenvalue weighted by atomic mass is 10.2. The van der Waals surface area contributed by atoms with Crippen LogP contribution in [0, 0.1) is 0 Å². The molecule has 0 saturated heterocycles. The third-order valence-electron chi connectivity index (χ3n) is 2.38. The van der Waals surface area contributed by atoms with Crippen LogP contribution in [0.4, 0.5) is 0 Å². The van der Waals surface area contributed by atoms with Gasteiger partial charge in [0.2, 0.25) is 0 Å². The molecular weight excluding hydrogens is 282 g/mol. The Kier molecular flexibility index (Phi) is 7.53. The first-order chi connectivity index (χ1) is 8.34. The average Bonchev–Trinajstić information content (AvgIpc) is 2.29. The molecule has 0 fully saturated rings. The fourth-order valence-corrected chi connectivity index (χ4v) is 1.96. The van der Waals surface area contributed by atoms with Gasteiger partial charge in [0.15, 0.2) is 9.84 Å². The van der Waals surface area contributed by atoms with E-state index in [2.05, 4.69) is 5.32 Å². The number of hydrogen-bond acceptors (Lipinski definition) is 5. The van der Waals surface area contributed by atoms with E-state index in [-0.39, 0.29) is 34.5 Å². The van der Waals surface area contributed by atoms with Crippen molar-refractivity contribution < 1.29 is 23.4 Å². The molecule has 6 nitrogen and oxygen atoms in total. The van der Waals surface area contributed by atoms with Crippen molar-refractivity contribution >= 4 is 38.9 Å². The van der Waals surface area contributed by atoms with Crippen molar-refractivity contribution in [3.05, 3.63) is 29.8 Å². The Morgan fingerprint density at radius 1 is 1.32 bits per heavy atom. The van der Waals surface area contributed by atoms with Crippen LogP contribution in [0.3, 0.4) is 0 Å². The van der Waals surface area contributed by atoms with E-state index in [0.29, 0.717) is 0 Å². The van der Waals surface area contributed by atoms with E-state index in [1.54, 1.807) is 12.1 Å². The molecule has 1 unspecified atom stereocenters. The summed E-state index contributed by atoms with van der Waals surface area (Å²) in [7, 11) is -3.22. The zero-order valence-corrected chi connectivity index (χ0v) is 10.6. The van der Waals surface area contributed by atoms with Crippen molar-refractivity contribution in [2.45, 2.75) is 17.5 Å². The minimum atomic E-state index is -3.22. The van der Waals surface area contributed by atoms with E-state index in [4.69, 9.17) is 10.2 Å². The Hall–Kier alpha value is -0.674. The molecule has 1 aromatic carbocycles. The lowest BCUT2D eigenvalue weighted by molar-refractivity contribution is -0.140. The Morgan fingerprint density at radius 3 is 2.21 bits per heavy atom. The summed E-state index contributed by atoms with van der Waals surface area (Å²) in [6, 6.07) is 5.08. The molecule has 104 valence electrons. The van der Waals surface area contributed by atoms with Gasteiger partial charge in [0.1, 0.15) is 6.04 Å². The molecule has 1 atom stereocenters. The normalized spacial score (nSPS) is 12.5. The second kappa shape index (κ2) is 7.80. The molecule has 0 spiro atoms. The summed E-state index contributed by atoms with van der Waals surface area (Å²) in [4.78, 5) is 10.8. The fraction of sp³-hybridized carbons (Fsp3) is 0.364. The van der Waals surface area contributed by atoms with Crippen LogP contribution < -0.4 is 5.32 Å². The molecule has 0 saturated carbocycles. The van der Waals surface area contributed by atoms with Crippen LogP contribution in [0.15, 0.2) is 29.2 Å². The Labute approximate surface area is 127 Å². The minimum absolute atomic E-state index is 0. The summed E-state index contributed by atoms with van der Waals surface area (Å²) in [5, 5.41) is 20.1. The standard InChI is InChI=1S/C11H15NO5S.Mg.2H/c1-18(16,17)9-4-2-8(3-5-9)6-12-10(7-13)11(14)15;;;/h2-5,10,12-13H,6-7H2,1H3,(H,14,15);;;. The second-order valence-corrected chi connectivity index (χ2v) is 5.89. The van der Waals surface area contributed by atoms with Crippen molar-refractivity contribution in [1.29, 1.82) is 0 Å². The van der Waals surface area contributed by atoms with Crippen LogP contribution in [0.1, 0.15) is 5.56 Å². The highest BCUT2D eigenvalue weighted by Crippen LogP contribution is 2.10. The highest BCUT2D eigenvalue weighted by Gasteiger charge is 2.15. The molecule has 0 amide bonds. The van der Waals surface area contributed by atoms with E-state index in [1.807, 2.05) is 0 Å². The first-order valence-corrected chi connectivity index (χ1v) is 7.10. The van der Waals surface area contributed by atoms with Gasteiger partial charge in [-0.05, 0) is 17.7 Å². The van der Waals surface area contributed by atoms with Gasteiger partial charge in [0, 0.05) is 12.8 Å². The molecule has 0 heterocycles. The lowest BCUT2D eigenvalue weighted by Crippen LogP contribution is -2.39. The largest absolute Gasteiger partial charge is 0.480 e. The maximum absolute atomic E-state index is 11.2. The smallest absolute Gasteiger partial charge is 0.323 e. The number of carboxylic acid groups (broad SMARTS) is 1. The number of sulfone groups is 1. The first-order valence-electron chi connectivity index (χ1n) is 5.20. The number of benzene rings is 1. The van der Waals surface area contributed by atoms with Gasteiger partial charge < -0.3 is 10.2 Å². The number of aliphatic hydroxyl groups excluding tert-OH is 1. The SMILES string of the molecule is CS(=O)(=O)c1ccc(CNC(CO)C(=O)O)cc1.[MgH2]. The lowest BCUT2D eigenvalue weighted by Gasteiger charge is -2.11. The van der Waals surface area contributed by atoms with E-state index in [9.17, 15) is 13.2 Å². The van der Waals surface area contributed by atoms with Crippen LogP contribution in [-0.2, 0) is 21.2 Å². The molecule has 0 aliphatic heterocycles. The van der Waals surface area contributed by atoms with Gasteiger partial charge in [0.25, 0.3) is 0 Å². The highest BCUT2D eigenvalue weighted by atomic mass is 32.2. The van der Waals surface area contributed by atoms with Crippen LogP contribution >= 0.6 is 0 Å². The zero-order chi connectivity index (χ0) is 13.8. The number of hydrogen-bond donors (Lipinski definition) is 3. The second-order valence-electron chi connectivity index (χ2n) is 3.87. The van der Waals surface area contributed by atoms with Gasteiger partial charge in [0.05, 0.1) is 11.5 Å². The van der Waals surface area contributed by atoms with Gasteiger partial charge in [-0.15, -0.1) is 0 Å². The van der Waals surface area contributed by atoms with E-state index < -0.39 is 28.5 Å². The zero-order valence-electron chi connectivity index (χ0n) is 9.83. The molecule has 8 heteroatoms. The van der Waals surface area contributed by atoms with Gasteiger partial charge >= 0.3 is 29.0 Å². The maximum Gasteiger partial charge on any atom is 0.323 e. The van der Waals surface area contributed by atoms with Crippen molar-refractivity contribution in [1.82, 2.24) is 5.32 Å². The van der Waals surface area contributed by atoms with Crippen LogP contribution in [0.25, 0.3) is 0 Å². The third kappa shape index (κ3) is 5.87. The molecule has 1 aromatic rings. The van der Waals surface area contributed by atoms with Crippen molar-refractivity contribution in [2.24, 2.45) is 0 Å². The molecule has 3 N–H and O–H groups in total. The van der Waals surface area contributed by atoms with Crippen molar-refractivity contribution in [3.8, 4) is 0 Å². The number of carbonyl (C=O) groups is 1. The monoisotopic (exact) mass is 299 g/mol. The summed E-state index contributed by atoms with van der Waals surface area (Å²) >= 11 is 0. The van der Waals surface area contributed by atoms with Gasteiger partial charge in [-0.25, -0.2) is 8.42 Å². The van der Waals surface area contributed by atoms with E-state index in [0.717, 1.165) is 11.8 Å². The number of rotatable bonds is 6. The molecule has 1 rings (SSSR count). The maximum atomic E-state index is 11.2. The third-order valence-corrected chi connectivity index (χ3v) is 3.51. The fourth-order valence-electron chi connectivity index (χ4n) is 1.33. The van der Waals surface area contributed by atoms with Crippen LogP contribution in [-0.4, -0.2) is 66.6 Å². The predicted molar refractivity (Wildman–Crippen MR) is 73.4 cm³/mol. The Morgan fingerprint density at radius 2 is 1.84 bits per heavy atom. The topological polar surface area (TPSA) is 104 Å². The summed E-state index contributed by atoms with van der Waals surface area (Å²) < 4.78 is 22.4. The summed E-state index contributed by atoms with van der Waals surface area (Å²) in [6.45, 7) is -0.266. The van der Waals surface area contributed by atoms with Crippen LogP contribution in [0.2, 0.25) is 0 Å². The molecule has 19 heavy (non-hydrogen) atoms. The predicted octanol–water partition coefficient (Wildman–Crippen LogP) is -1.29. The number of carboxylic acids is 1. The summed E-state index contributed by atoms with van der Waals surface area (Å²) in [5.74, 6) is -1.13. The minimum Gasteiger partial charge on any atom is -0.480 e. The van der Waals surface area contributed by atoms with Crippen LogP contribution in [0.5, 0.6) is 0 Å². The van der Waals surface area contributed by atoms with Gasteiger partial charge in [-0.3, -0.25) is 10.1 Å². The molecule has 0 aliphatic rings. The molecular formula is C11H17MgNO5S. The van der Waals surface area contributed by atoms with Gasteiger partial charge in [-0.1, -0.05) is 12.1 Å². The molecule has 0 bridgehead atoms. The molecule has 0 aliphatic carbocycles. The van der Waals surface area contributed by atoms with Crippen molar-refractivity contribution in [3.63, 3.8) is 0 Å². The quantitative estimate of drug-likeness (QED) is 0.565. The van der Waals surface area contributed by atoms with E-state index in [1.165, 1.54) is 12.1 Å². The molecule has 0 aromatic heterocycles. The van der Waals surface area contributed by atoms with E-state index >= 15 is 0 Å². The number of aliphatic hydroxyl groups is 1.